The Bertz CT molecular complexity index is 1520. The number of nitrogens with zero attached hydrogens (tertiary/aromatic N) is 3. The van der Waals surface area contributed by atoms with Crippen molar-refractivity contribution in [1.82, 2.24) is 0 Å². The summed E-state index contributed by atoms with van der Waals surface area (Å²) in [6, 6.07) is 29.3. The fourth-order valence-electron chi connectivity index (χ4n) is 6.61. The van der Waals surface area contributed by atoms with Gasteiger partial charge in [0.15, 0.2) is 0 Å². The molecule has 0 radical (unpaired) electrons. The molecule has 0 saturated carbocycles. The van der Waals surface area contributed by atoms with Crippen LogP contribution in [0.5, 0.6) is 11.5 Å². The Morgan fingerprint density at radius 1 is 0.675 bits per heavy atom. The second-order valence-corrected chi connectivity index (χ2v) is 10.5. The van der Waals surface area contributed by atoms with E-state index in [0.29, 0.717) is 0 Å². The van der Waals surface area contributed by atoms with E-state index in [4.69, 9.17) is 4.74 Å². The molecule has 0 unspecified atom stereocenters. The normalized spacial score (nSPS) is 14.4. The van der Waals surface area contributed by atoms with Crippen molar-refractivity contribution < 1.29 is 9.53 Å². The van der Waals surface area contributed by atoms with Crippen molar-refractivity contribution in [1.29, 1.82) is 0 Å². The van der Waals surface area contributed by atoms with Gasteiger partial charge in [0.25, 0.3) is 5.91 Å². The summed E-state index contributed by atoms with van der Waals surface area (Å²) in [6.07, 6.45) is 0. The van der Waals surface area contributed by atoms with Gasteiger partial charge in [0.05, 0.1) is 0 Å². The molecule has 6 rings (SSSR count). The molecule has 4 aromatic rings. The molecule has 0 atom stereocenters. The number of fused-ring (bicyclic) bond motifs is 6. The molecule has 2 aliphatic rings. The van der Waals surface area contributed by atoms with Crippen LogP contribution in [0.1, 0.15) is 60.3 Å². The van der Waals surface area contributed by atoms with E-state index >= 15 is 0 Å². The zero-order valence-electron chi connectivity index (χ0n) is 24.1. The van der Waals surface area contributed by atoms with Crippen molar-refractivity contribution in [3.05, 3.63) is 113 Å². The summed E-state index contributed by atoms with van der Waals surface area (Å²) in [7, 11) is 0. The van der Waals surface area contributed by atoms with E-state index in [2.05, 4.69) is 99.0 Å². The molecular weight excluding hydrogens is 494 g/mol. The number of hydrogen-bond donors (Lipinski definition) is 0. The van der Waals surface area contributed by atoms with Crippen LogP contribution in [-0.2, 0) is 5.54 Å². The quantitative estimate of drug-likeness (QED) is 0.244. The number of rotatable bonds is 7. The molecule has 40 heavy (non-hydrogen) atoms. The third-order valence-corrected chi connectivity index (χ3v) is 8.53. The zero-order chi connectivity index (χ0) is 28.0. The van der Waals surface area contributed by atoms with Crippen molar-refractivity contribution >= 4 is 23.0 Å². The van der Waals surface area contributed by atoms with E-state index in [-0.39, 0.29) is 5.91 Å². The lowest BCUT2D eigenvalue weighted by atomic mass is 9.74. The predicted molar refractivity (Wildman–Crippen MR) is 164 cm³/mol. The van der Waals surface area contributed by atoms with Crippen LogP contribution in [0.25, 0.3) is 0 Å². The maximum atomic E-state index is 14.4. The highest BCUT2D eigenvalue weighted by Crippen LogP contribution is 2.59. The topological polar surface area (TPSA) is 36.0 Å². The standard InChI is InChI=1S/C35H37N3O2/c1-6-36(7-2)25-17-19-30-32(22-25)40-33-23-26(37(8-3)9-4)18-20-31(33)35(30)29-16-11-10-15-28(29)34(39)38(35)27-14-12-13-24(5)21-27/h10-23H,6-9H2,1-5H3. The molecule has 0 fully saturated rings. The van der Waals surface area contributed by atoms with Crippen LogP contribution < -0.4 is 19.4 Å². The Labute approximate surface area is 237 Å². The van der Waals surface area contributed by atoms with E-state index in [0.717, 1.165) is 82.6 Å². The summed E-state index contributed by atoms with van der Waals surface area (Å²) in [5, 5.41) is 0. The van der Waals surface area contributed by atoms with Gasteiger partial charge < -0.3 is 14.5 Å². The van der Waals surface area contributed by atoms with Crippen LogP contribution in [-0.4, -0.2) is 32.1 Å². The van der Waals surface area contributed by atoms with Gasteiger partial charge in [-0.1, -0.05) is 42.5 Å². The first-order chi connectivity index (χ1) is 19.5. The second kappa shape index (κ2) is 10.1. The van der Waals surface area contributed by atoms with Gasteiger partial charge in [-0.25, -0.2) is 0 Å². The van der Waals surface area contributed by atoms with Crippen molar-refractivity contribution in [2.24, 2.45) is 0 Å². The van der Waals surface area contributed by atoms with Crippen molar-refractivity contribution in [2.75, 3.05) is 40.9 Å². The molecule has 0 saturated heterocycles. The molecule has 0 bridgehead atoms. The van der Waals surface area contributed by atoms with Crippen LogP contribution in [0.4, 0.5) is 17.1 Å². The summed E-state index contributed by atoms with van der Waals surface area (Å²) < 4.78 is 6.79. The molecule has 2 heterocycles. The highest BCUT2D eigenvalue weighted by molar-refractivity contribution is 6.14. The predicted octanol–water partition coefficient (Wildman–Crippen LogP) is 7.75. The Morgan fingerprint density at radius 2 is 1.25 bits per heavy atom. The number of ether oxygens (including phenoxy) is 1. The number of amides is 1. The first-order valence-corrected chi connectivity index (χ1v) is 14.4. The maximum Gasteiger partial charge on any atom is 0.260 e. The molecule has 4 aromatic carbocycles. The summed E-state index contributed by atoms with van der Waals surface area (Å²) in [5.41, 5.74) is 7.01. The van der Waals surface area contributed by atoms with Crippen molar-refractivity contribution in [3.63, 3.8) is 0 Å². The first-order valence-electron chi connectivity index (χ1n) is 14.4. The third-order valence-electron chi connectivity index (χ3n) is 8.53. The van der Waals surface area contributed by atoms with E-state index < -0.39 is 5.54 Å². The fourth-order valence-corrected chi connectivity index (χ4v) is 6.61. The third kappa shape index (κ3) is 3.71. The van der Waals surface area contributed by atoms with E-state index in [1.807, 2.05) is 35.2 Å². The number of anilines is 3. The van der Waals surface area contributed by atoms with Crippen molar-refractivity contribution in [3.8, 4) is 11.5 Å². The molecule has 5 nitrogen and oxygen atoms in total. The minimum Gasteiger partial charge on any atom is -0.456 e. The van der Waals surface area contributed by atoms with E-state index in [1.165, 1.54) is 0 Å². The second-order valence-electron chi connectivity index (χ2n) is 10.5. The lowest BCUT2D eigenvalue weighted by Crippen LogP contribution is -2.47. The fraction of sp³-hybridized carbons (Fsp3) is 0.286. The summed E-state index contributed by atoms with van der Waals surface area (Å²) in [5.74, 6) is 1.58. The molecule has 0 aromatic heterocycles. The molecule has 204 valence electrons. The molecule has 5 heteroatoms. The van der Waals surface area contributed by atoms with Crippen LogP contribution in [0.3, 0.4) is 0 Å². The molecule has 0 aliphatic carbocycles. The highest BCUT2D eigenvalue weighted by Gasteiger charge is 2.57. The Hall–Kier alpha value is -4.25. The van der Waals surface area contributed by atoms with Crippen LogP contribution in [0.2, 0.25) is 0 Å². The monoisotopic (exact) mass is 531 g/mol. The van der Waals surface area contributed by atoms with Crippen molar-refractivity contribution in [2.45, 2.75) is 40.2 Å². The number of hydrogen-bond acceptors (Lipinski definition) is 4. The van der Waals surface area contributed by atoms with Gasteiger partial charge in [-0.2, -0.15) is 0 Å². The Kier molecular flexibility index (Phi) is 6.53. The number of aryl methyl sites for hydroxylation is 1. The maximum absolute atomic E-state index is 14.4. The van der Waals surface area contributed by atoms with Gasteiger partial charge in [0, 0.05) is 77.6 Å². The lowest BCUT2D eigenvalue weighted by molar-refractivity contribution is 0.0986. The molecular formula is C35H37N3O2. The van der Waals surface area contributed by atoms with Crippen LogP contribution >= 0.6 is 0 Å². The number of benzene rings is 4. The van der Waals surface area contributed by atoms with E-state index in [1.54, 1.807) is 0 Å². The molecule has 1 amide bonds. The van der Waals surface area contributed by atoms with Gasteiger partial charge in [-0.3, -0.25) is 9.69 Å². The smallest absolute Gasteiger partial charge is 0.260 e. The summed E-state index contributed by atoms with van der Waals surface area (Å²) in [4.78, 5) is 21.1. The van der Waals surface area contributed by atoms with Gasteiger partial charge in [0.2, 0.25) is 0 Å². The molecule has 2 aliphatic heterocycles. The Morgan fingerprint density at radius 3 is 1.80 bits per heavy atom. The molecule has 1 spiro atoms. The van der Waals surface area contributed by atoms with Gasteiger partial charge in [-0.15, -0.1) is 0 Å². The van der Waals surface area contributed by atoms with Gasteiger partial charge in [0.1, 0.15) is 17.0 Å². The number of carbonyl (C=O) groups is 1. The van der Waals surface area contributed by atoms with Gasteiger partial charge >= 0.3 is 0 Å². The number of carbonyl (C=O) groups excluding carboxylic acids is 1. The van der Waals surface area contributed by atoms with Gasteiger partial charge in [-0.05, 0) is 70.5 Å². The zero-order valence-corrected chi connectivity index (χ0v) is 24.1. The van der Waals surface area contributed by atoms with Crippen LogP contribution in [0, 0.1) is 6.92 Å². The first kappa shape index (κ1) is 26.0. The largest absolute Gasteiger partial charge is 0.456 e. The average Bonchev–Trinajstić information content (AvgIpc) is 3.23. The van der Waals surface area contributed by atoms with E-state index in [9.17, 15) is 4.79 Å². The minimum atomic E-state index is -0.867. The summed E-state index contributed by atoms with van der Waals surface area (Å²) in [6.45, 7) is 14.4. The lowest BCUT2D eigenvalue weighted by Gasteiger charge is -2.44. The highest BCUT2D eigenvalue weighted by atomic mass is 16.5. The minimum absolute atomic E-state index is 0.000592. The molecule has 0 N–H and O–H groups in total. The Balaban J connectivity index is 1.70. The average molecular weight is 532 g/mol. The summed E-state index contributed by atoms with van der Waals surface area (Å²) >= 11 is 0. The van der Waals surface area contributed by atoms with Crippen LogP contribution in [0.15, 0.2) is 84.9 Å². The SMILES string of the molecule is CCN(CC)c1ccc2c(c1)Oc1cc(N(CC)CC)ccc1C21c2ccccc2C(=O)N1c1cccc(C)c1.